The van der Waals surface area contributed by atoms with Gasteiger partial charge >= 0.3 is 5.97 Å². The van der Waals surface area contributed by atoms with E-state index in [0.29, 0.717) is 5.91 Å². The molecular weight excluding hydrogens is 206 g/mol. The van der Waals surface area contributed by atoms with Crippen LogP contribution in [0, 0.1) is 5.92 Å². The van der Waals surface area contributed by atoms with Crippen molar-refractivity contribution in [1.82, 2.24) is 4.90 Å². The zero-order valence-electron chi connectivity index (χ0n) is 9.78. The Hall–Kier alpha value is -1.06. The van der Waals surface area contributed by atoms with E-state index in [9.17, 15) is 9.59 Å². The van der Waals surface area contributed by atoms with E-state index in [2.05, 4.69) is 0 Å². The van der Waals surface area contributed by atoms with E-state index in [1.54, 1.807) is 0 Å². The van der Waals surface area contributed by atoms with Crippen LogP contribution in [0.4, 0.5) is 0 Å². The molecule has 1 amide bonds. The van der Waals surface area contributed by atoms with E-state index >= 15 is 0 Å². The van der Waals surface area contributed by atoms with Crippen LogP contribution in [0.2, 0.25) is 0 Å². The van der Waals surface area contributed by atoms with Crippen LogP contribution in [0.15, 0.2) is 0 Å². The summed E-state index contributed by atoms with van der Waals surface area (Å²) in [5.41, 5.74) is 0. The Morgan fingerprint density at radius 3 is 2.19 bits per heavy atom. The average molecular weight is 225 g/mol. The molecule has 2 fully saturated rings. The minimum Gasteiger partial charge on any atom is -0.462 e. The van der Waals surface area contributed by atoms with Crippen molar-refractivity contribution in [3.63, 3.8) is 0 Å². The highest BCUT2D eigenvalue weighted by Crippen LogP contribution is 2.29. The van der Waals surface area contributed by atoms with Crippen molar-refractivity contribution in [3.05, 3.63) is 0 Å². The van der Waals surface area contributed by atoms with Gasteiger partial charge in [-0.3, -0.25) is 9.59 Å². The van der Waals surface area contributed by atoms with Crippen molar-refractivity contribution in [2.24, 2.45) is 5.92 Å². The molecular formula is C12H19NO3. The average Bonchev–Trinajstić information content (AvgIpc) is 2.15. The second-order valence-corrected chi connectivity index (χ2v) is 4.76. The van der Waals surface area contributed by atoms with E-state index in [4.69, 9.17) is 4.74 Å². The molecule has 1 heterocycles. The molecule has 0 unspecified atom stereocenters. The predicted octanol–water partition coefficient (Wildman–Crippen LogP) is 1.34. The number of hydrogen-bond donors (Lipinski definition) is 0. The van der Waals surface area contributed by atoms with E-state index in [0.717, 1.165) is 38.8 Å². The lowest BCUT2D eigenvalue weighted by Crippen LogP contribution is -2.45. The van der Waals surface area contributed by atoms with Crippen LogP contribution in [0.3, 0.4) is 0 Å². The Bertz CT molecular complexity index is 278. The first-order valence-electron chi connectivity index (χ1n) is 6.13. The molecule has 2 aliphatic rings. The van der Waals surface area contributed by atoms with Crippen molar-refractivity contribution in [1.29, 1.82) is 0 Å². The van der Waals surface area contributed by atoms with Crippen LogP contribution in [0.25, 0.3) is 0 Å². The van der Waals surface area contributed by atoms with Crippen molar-refractivity contribution >= 4 is 11.9 Å². The Morgan fingerprint density at radius 1 is 1.12 bits per heavy atom. The Labute approximate surface area is 95.9 Å². The lowest BCUT2D eigenvalue weighted by molar-refractivity contribution is -0.150. The fourth-order valence-electron chi connectivity index (χ4n) is 2.34. The first kappa shape index (κ1) is 11.4. The summed E-state index contributed by atoms with van der Waals surface area (Å²) in [5, 5.41) is 0. The summed E-state index contributed by atoms with van der Waals surface area (Å²) in [6.07, 6.45) is 4.91. The number of carbonyl (C=O) groups excluding carboxylic acids is 2. The highest BCUT2D eigenvalue weighted by molar-refractivity contribution is 5.79. The van der Waals surface area contributed by atoms with Gasteiger partial charge in [0.2, 0.25) is 5.91 Å². The van der Waals surface area contributed by atoms with Crippen molar-refractivity contribution in [2.75, 3.05) is 13.1 Å². The molecule has 0 N–H and O–H groups in total. The maximum Gasteiger partial charge on any atom is 0.302 e. The molecule has 0 bridgehead atoms. The van der Waals surface area contributed by atoms with Crippen molar-refractivity contribution < 1.29 is 14.3 Å². The van der Waals surface area contributed by atoms with Crippen molar-refractivity contribution in [3.8, 4) is 0 Å². The number of carbonyl (C=O) groups is 2. The lowest BCUT2D eigenvalue weighted by Gasteiger charge is -2.36. The number of amides is 1. The number of piperidine rings is 1. The highest BCUT2D eigenvalue weighted by Gasteiger charge is 2.32. The van der Waals surface area contributed by atoms with Gasteiger partial charge in [0.1, 0.15) is 6.10 Å². The zero-order valence-corrected chi connectivity index (χ0v) is 9.78. The van der Waals surface area contributed by atoms with E-state index in [1.807, 2.05) is 4.90 Å². The van der Waals surface area contributed by atoms with Gasteiger partial charge in [-0.15, -0.1) is 0 Å². The number of hydrogen-bond acceptors (Lipinski definition) is 3. The Morgan fingerprint density at radius 2 is 1.75 bits per heavy atom. The molecule has 0 aromatic carbocycles. The summed E-state index contributed by atoms with van der Waals surface area (Å²) >= 11 is 0. The van der Waals surface area contributed by atoms with E-state index in [1.165, 1.54) is 13.3 Å². The number of likely N-dealkylation sites (tertiary alicyclic amines) is 1. The third-order valence-electron chi connectivity index (χ3n) is 3.54. The van der Waals surface area contributed by atoms with Gasteiger partial charge < -0.3 is 9.64 Å². The summed E-state index contributed by atoms with van der Waals surface area (Å²) in [6, 6.07) is 0. The molecule has 16 heavy (non-hydrogen) atoms. The minimum absolute atomic E-state index is 0.0166. The first-order valence-corrected chi connectivity index (χ1v) is 6.13. The van der Waals surface area contributed by atoms with Crippen LogP contribution < -0.4 is 0 Å². The SMILES string of the molecule is CC(=O)OC1CCN(C(=O)C2CCC2)CC1. The summed E-state index contributed by atoms with van der Waals surface area (Å²) in [7, 11) is 0. The van der Waals surface area contributed by atoms with Crippen LogP contribution in [0.5, 0.6) is 0 Å². The van der Waals surface area contributed by atoms with Gasteiger partial charge in [-0.1, -0.05) is 6.42 Å². The second kappa shape index (κ2) is 4.85. The minimum atomic E-state index is -0.219. The largest absolute Gasteiger partial charge is 0.462 e. The summed E-state index contributed by atoms with van der Waals surface area (Å²) in [6.45, 7) is 2.92. The van der Waals surface area contributed by atoms with Gasteiger partial charge in [-0.2, -0.15) is 0 Å². The van der Waals surface area contributed by atoms with Gasteiger partial charge in [-0.25, -0.2) is 0 Å². The molecule has 4 nitrogen and oxygen atoms in total. The molecule has 0 atom stereocenters. The fraction of sp³-hybridized carbons (Fsp3) is 0.833. The number of ether oxygens (including phenoxy) is 1. The van der Waals surface area contributed by atoms with Crippen LogP contribution in [-0.4, -0.2) is 36.0 Å². The molecule has 0 aromatic heterocycles. The molecule has 90 valence electrons. The molecule has 0 aromatic rings. The quantitative estimate of drug-likeness (QED) is 0.666. The van der Waals surface area contributed by atoms with Gasteiger partial charge in [0.25, 0.3) is 0 Å². The van der Waals surface area contributed by atoms with Gasteiger partial charge in [0, 0.05) is 38.8 Å². The van der Waals surface area contributed by atoms with Gasteiger partial charge in [0.05, 0.1) is 0 Å². The monoisotopic (exact) mass is 225 g/mol. The highest BCUT2D eigenvalue weighted by atomic mass is 16.5. The zero-order chi connectivity index (χ0) is 11.5. The van der Waals surface area contributed by atoms with Crippen LogP contribution >= 0.6 is 0 Å². The number of esters is 1. The summed E-state index contributed by atoms with van der Waals surface area (Å²) < 4.78 is 5.14. The molecule has 2 rings (SSSR count). The molecule has 1 saturated carbocycles. The van der Waals surface area contributed by atoms with E-state index < -0.39 is 0 Å². The lowest BCUT2D eigenvalue weighted by atomic mass is 9.84. The Kier molecular flexibility index (Phi) is 3.46. The molecule has 0 radical (unpaired) electrons. The normalized spacial score (nSPS) is 22.7. The van der Waals surface area contributed by atoms with Crippen molar-refractivity contribution in [2.45, 2.75) is 45.1 Å². The Balaban J connectivity index is 1.76. The van der Waals surface area contributed by atoms with Gasteiger partial charge in [0.15, 0.2) is 0 Å². The predicted molar refractivity (Wildman–Crippen MR) is 58.7 cm³/mol. The standard InChI is InChI=1S/C12H19NO3/c1-9(14)16-11-5-7-13(8-6-11)12(15)10-3-2-4-10/h10-11H,2-8H2,1H3. The van der Waals surface area contributed by atoms with E-state index in [-0.39, 0.29) is 18.0 Å². The number of rotatable bonds is 2. The second-order valence-electron chi connectivity index (χ2n) is 4.76. The third kappa shape index (κ3) is 2.54. The van der Waals surface area contributed by atoms with Crippen LogP contribution in [-0.2, 0) is 14.3 Å². The maximum absolute atomic E-state index is 11.9. The summed E-state index contributed by atoms with van der Waals surface area (Å²) in [5.74, 6) is 0.376. The summed E-state index contributed by atoms with van der Waals surface area (Å²) in [4.78, 5) is 24.7. The topological polar surface area (TPSA) is 46.6 Å². The molecule has 1 aliphatic carbocycles. The van der Waals surface area contributed by atoms with Crippen LogP contribution in [0.1, 0.15) is 39.0 Å². The van der Waals surface area contributed by atoms with Gasteiger partial charge in [-0.05, 0) is 12.8 Å². The molecule has 1 saturated heterocycles. The molecule has 0 spiro atoms. The number of nitrogens with zero attached hydrogens (tertiary/aromatic N) is 1. The maximum atomic E-state index is 11.9. The molecule has 4 heteroatoms. The third-order valence-corrected chi connectivity index (χ3v) is 3.54. The molecule has 1 aliphatic heterocycles. The first-order chi connectivity index (χ1) is 7.66. The smallest absolute Gasteiger partial charge is 0.302 e. The fourth-order valence-corrected chi connectivity index (χ4v) is 2.34.